The van der Waals surface area contributed by atoms with Crippen LogP contribution >= 0.6 is 11.3 Å². The minimum Gasteiger partial charge on any atom is -0.481 e. The maximum absolute atomic E-state index is 12.2. The smallest absolute Gasteiger partial charge is 0.326 e. The van der Waals surface area contributed by atoms with E-state index in [1.54, 1.807) is 0 Å². The Balaban J connectivity index is 1.69. The average Bonchev–Trinajstić information content (AvgIpc) is 3.12. The number of aliphatic carboxylic acids is 2. The molecule has 0 saturated heterocycles. The van der Waals surface area contributed by atoms with E-state index in [4.69, 9.17) is 15.9 Å². The van der Waals surface area contributed by atoms with Crippen molar-refractivity contribution in [3.05, 3.63) is 45.2 Å². The normalized spacial score (nSPS) is 12.1. The van der Waals surface area contributed by atoms with Crippen molar-refractivity contribution in [2.75, 3.05) is 5.73 Å². The predicted molar refractivity (Wildman–Crippen MR) is 112 cm³/mol. The predicted octanol–water partition coefficient (Wildman–Crippen LogP) is 0.760. The number of carboxylic acid groups (broad SMARTS) is 2. The van der Waals surface area contributed by atoms with Gasteiger partial charge in [0.25, 0.3) is 11.5 Å². The number of H-pyrrole nitrogens is 1. The maximum atomic E-state index is 12.2. The van der Waals surface area contributed by atoms with Crippen LogP contribution in [-0.2, 0) is 9.59 Å². The Morgan fingerprint density at radius 3 is 2.58 bits per heavy atom. The average molecular weight is 444 g/mol. The Morgan fingerprint density at radius 2 is 1.94 bits per heavy atom. The number of thiazole rings is 1. The molecule has 3 aromatic rings. The van der Waals surface area contributed by atoms with Crippen LogP contribution in [0.25, 0.3) is 10.3 Å². The number of anilines is 1. The SMILES string of the molecule is Nc1nc2sc(C=Nc3ccc(C(=O)N[C@@H](CCC(=O)O)C(=O)O)cc3)nc2c(=O)[nH]1. The van der Waals surface area contributed by atoms with E-state index in [1.807, 2.05) is 0 Å². The molecule has 0 radical (unpaired) electrons. The van der Waals surface area contributed by atoms with E-state index < -0.39 is 29.4 Å². The fourth-order valence-corrected chi connectivity index (χ4v) is 3.33. The van der Waals surface area contributed by atoms with E-state index in [9.17, 15) is 19.2 Å². The summed E-state index contributed by atoms with van der Waals surface area (Å²) in [5.74, 6) is -3.13. The van der Waals surface area contributed by atoms with Crippen molar-refractivity contribution in [3.8, 4) is 0 Å². The first kappa shape index (κ1) is 21.6. The van der Waals surface area contributed by atoms with Gasteiger partial charge < -0.3 is 21.3 Å². The fourth-order valence-electron chi connectivity index (χ4n) is 2.52. The first-order chi connectivity index (χ1) is 14.7. The summed E-state index contributed by atoms with van der Waals surface area (Å²) in [7, 11) is 0. The number of nitrogens with zero attached hydrogens (tertiary/aromatic N) is 3. The molecule has 2 heterocycles. The first-order valence-electron chi connectivity index (χ1n) is 8.79. The number of aromatic amines is 1. The number of hydrogen-bond donors (Lipinski definition) is 5. The van der Waals surface area contributed by atoms with Crippen LogP contribution in [0.4, 0.5) is 11.6 Å². The highest BCUT2D eigenvalue weighted by Crippen LogP contribution is 2.18. The summed E-state index contributed by atoms with van der Waals surface area (Å²) < 4.78 is 0. The minimum absolute atomic E-state index is 0.00778. The lowest BCUT2D eigenvalue weighted by Gasteiger charge is -2.13. The summed E-state index contributed by atoms with van der Waals surface area (Å²) in [6, 6.07) is 4.65. The van der Waals surface area contributed by atoms with Crippen molar-refractivity contribution >= 4 is 57.4 Å². The van der Waals surface area contributed by atoms with Crippen LogP contribution < -0.4 is 16.6 Å². The van der Waals surface area contributed by atoms with Crippen LogP contribution in [0.1, 0.15) is 28.2 Å². The molecular formula is C18H16N6O6S. The molecule has 0 bridgehead atoms. The topological polar surface area (TPSA) is 201 Å². The van der Waals surface area contributed by atoms with E-state index in [0.717, 1.165) is 11.3 Å². The van der Waals surface area contributed by atoms with E-state index in [0.29, 0.717) is 15.5 Å². The third-order valence-corrected chi connectivity index (χ3v) is 4.89. The number of carbonyl (C=O) groups excluding carboxylic acids is 1. The molecule has 0 aliphatic heterocycles. The Morgan fingerprint density at radius 1 is 1.23 bits per heavy atom. The molecule has 12 nitrogen and oxygen atoms in total. The van der Waals surface area contributed by atoms with Crippen molar-refractivity contribution in [2.45, 2.75) is 18.9 Å². The van der Waals surface area contributed by atoms with Crippen molar-refractivity contribution < 1.29 is 24.6 Å². The third-order valence-electron chi connectivity index (χ3n) is 4.01. The van der Waals surface area contributed by atoms with Gasteiger partial charge in [-0.05, 0) is 30.7 Å². The standard InChI is InChI=1S/C18H16N6O6S/c19-18-23-15(28)13-16(24-18)31-11(22-13)7-20-9-3-1-8(2-4-9)14(27)21-10(17(29)30)5-6-12(25)26/h1-4,7,10H,5-6H2,(H,21,27)(H,25,26)(H,29,30)(H3,19,23,24,28)/t10-/m0/s1. The van der Waals surface area contributed by atoms with Gasteiger partial charge in [0.05, 0.1) is 11.9 Å². The second-order valence-electron chi connectivity index (χ2n) is 6.26. The summed E-state index contributed by atoms with van der Waals surface area (Å²) in [6.45, 7) is 0. The van der Waals surface area contributed by atoms with Crippen molar-refractivity contribution in [1.82, 2.24) is 20.3 Å². The quantitative estimate of drug-likeness (QED) is 0.311. The van der Waals surface area contributed by atoms with Gasteiger partial charge in [0.1, 0.15) is 11.0 Å². The summed E-state index contributed by atoms with van der Waals surface area (Å²) in [4.78, 5) is 60.9. The molecule has 1 aromatic carbocycles. The Labute approximate surface area is 177 Å². The van der Waals surface area contributed by atoms with Crippen LogP contribution in [0.15, 0.2) is 34.1 Å². The highest BCUT2D eigenvalue weighted by atomic mass is 32.1. The summed E-state index contributed by atoms with van der Waals surface area (Å²) in [5, 5.41) is 20.5. The van der Waals surface area contributed by atoms with E-state index in [1.165, 1.54) is 30.5 Å². The fraction of sp³-hybridized carbons (Fsp3) is 0.167. The molecule has 0 aliphatic carbocycles. The van der Waals surface area contributed by atoms with Crippen LogP contribution in [0.3, 0.4) is 0 Å². The summed E-state index contributed by atoms with van der Waals surface area (Å²) in [5.41, 5.74) is 5.88. The number of carboxylic acids is 2. The number of hydrogen-bond acceptors (Lipinski definition) is 9. The molecule has 3 rings (SSSR count). The molecule has 13 heteroatoms. The first-order valence-corrected chi connectivity index (χ1v) is 9.60. The number of rotatable bonds is 8. The summed E-state index contributed by atoms with van der Waals surface area (Å²) in [6.07, 6.45) is 0.818. The van der Waals surface area contributed by atoms with Crippen LogP contribution in [0, 0.1) is 0 Å². The zero-order valence-corrected chi connectivity index (χ0v) is 16.5. The summed E-state index contributed by atoms with van der Waals surface area (Å²) >= 11 is 1.14. The number of aliphatic imine (C=N–C) groups is 1. The number of nitrogens with one attached hydrogen (secondary N) is 2. The number of nitrogen functional groups attached to an aromatic ring is 1. The highest BCUT2D eigenvalue weighted by Gasteiger charge is 2.21. The van der Waals surface area contributed by atoms with Gasteiger partial charge in [-0.15, -0.1) is 0 Å². The Kier molecular flexibility index (Phi) is 6.35. The van der Waals surface area contributed by atoms with E-state index >= 15 is 0 Å². The molecule has 0 saturated carbocycles. The van der Waals surface area contributed by atoms with Crippen molar-refractivity contribution in [2.24, 2.45) is 4.99 Å². The number of fused-ring (bicyclic) bond motifs is 1. The zero-order valence-electron chi connectivity index (χ0n) is 15.7. The van der Waals surface area contributed by atoms with Crippen LogP contribution in [0.2, 0.25) is 0 Å². The van der Waals surface area contributed by atoms with Gasteiger partial charge in [-0.2, -0.15) is 0 Å². The molecule has 160 valence electrons. The second-order valence-corrected chi connectivity index (χ2v) is 7.27. The van der Waals surface area contributed by atoms with Crippen LogP contribution in [-0.4, -0.2) is 55.3 Å². The molecule has 1 atom stereocenters. The molecule has 0 spiro atoms. The number of nitrogens with two attached hydrogens (primary N) is 1. The van der Waals surface area contributed by atoms with E-state index in [2.05, 4.69) is 25.3 Å². The van der Waals surface area contributed by atoms with Crippen molar-refractivity contribution in [3.63, 3.8) is 0 Å². The van der Waals surface area contributed by atoms with Gasteiger partial charge >= 0.3 is 11.9 Å². The largest absolute Gasteiger partial charge is 0.481 e. The van der Waals surface area contributed by atoms with Gasteiger partial charge in [0.15, 0.2) is 10.3 Å². The lowest BCUT2D eigenvalue weighted by molar-refractivity contribution is -0.140. The minimum atomic E-state index is -1.32. The van der Waals surface area contributed by atoms with E-state index in [-0.39, 0.29) is 29.9 Å². The maximum Gasteiger partial charge on any atom is 0.326 e. The molecule has 2 aromatic heterocycles. The Hall–Kier alpha value is -4.13. The molecule has 6 N–H and O–H groups in total. The van der Waals surface area contributed by atoms with Gasteiger partial charge in [-0.1, -0.05) is 11.3 Å². The lowest BCUT2D eigenvalue weighted by atomic mass is 10.1. The number of aromatic nitrogens is 3. The molecular weight excluding hydrogens is 428 g/mol. The second kappa shape index (κ2) is 9.13. The van der Waals surface area contributed by atoms with Gasteiger partial charge in [0, 0.05) is 12.0 Å². The Bertz CT molecular complexity index is 1230. The van der Waals surface area contributed by atoms with Crippen molar-refractivity contribution in [1.29, 1.82) is 0 Å². The highest BCUT2D eigenvalue weighted by molar-refractivity contribution is 7.19. The number of amides is 1. The number of carbonyl (C=O) groups is 3. The monoisotopic (exact) mass is 444 g/mol. The zero-order chi connectivity index (χ0) is 22.5. The van der Waals surface area contributed by atoms with Gasteiger partial charge in [-0.25, -0.2) is 14.8 Å². The molecule has 0 aliphatic rings. The number of benzene rings is 1. The third kappa shape index (κ3) is 5.48. The van der Waals surface area contributed by atoms with Crippen LogP contribution in [0.5, 0.6) is 0 Å². The lowest BCUT2D eigenvalue weighted by Crippen LogP contribution is -2.41. The molecule has 31 heavy (non-hydrogen) atoms. The molecule has 0 fully saturated rings. The molecule has 0 unspecified atom stereocenters. The van der Waals surface area contributed by atoms with Gasteiger partial charge in [0.2, 0.25) is 5.95 Å². The molecule has 1 amide bonds. The van der Waals surface area contributed by atoms with Gasteiger partial charge in [-0.3, -0.25) is 24.4 Å².